The summed E-state index contributed by atoms with van der Waals surface area (Å²) in [4.78, 5) is 21.6. The molecule has 0 fully saturated rings. The Morgan fingerprint density at radius 3 is 2.38 bits per heavy atom. The highest BCUT2D eigenvalue weighted by molar-refractivity contribution is 5.87. The van der Waals surface area contributed by atoms with E-state index in [0.717, 1.165) is 6.42 Å². The molecule has 0 aliphatic carbocycles. The van der Waals surface area contributed by atoms with Crippen molar-refractivity contribution in [2.75, 3.05) is 0 Å². The fourth-order valence-electron chi connectivity index (χ4n) is 0.761. The molecule has 5 nitrogen and oxygen atoms in total. The van der Waals surface area contributed by atoms with Gasteiger partial charge in [-0.1, -0.05) is 6.92 Å². The molecule has 2 unspecified atom stereocenters. The number of carbonyl (C=O) groups excluding carboxylic acids is 2. The Bertz CT molecular complexity index is 194. The Labute approximate surface area is 77.8 Å². The summed E-state index contributed by atoms with van der Waals surface area (Å²) in [5.41, 5.74) is 10.3. The second-order valence-electron chi connectivity index (χ2n) is 3.09. The van der Waals surface area contributed by atoms with Crippen LogP contribution in [0.4, 0.5) is 0 Å². The highest BCUT2D eigenvalue weighted by Gasteiger charge is 2.16. The SMILES string of the molecule is CCC(C)NC(=O)C(N)CC(N)=O. The summed E-state index contributed by atoms with van der Waals surface area (Å²) >= 11 is 0. The van der Waals surface area contributed by atoms with Crippen LogP contribution in [0, 0.1) is 0 Å². The van der Waals surface area contributed by atoms with Gasteiger partial charge < -0.3 is 16.8 Å². The van der Waals surface area contributed by atoms with E-state index in [9.17, 15) is 9.59 Å². The predicted octanol–water partition coefficient (Wildman–Crippen LogP) is -0.896. The first-order valence-electron chi connectivity index (χ1n) is 4.31. The molecule has 2 amide bonds. The first kappa shape index (κ1) is 11.9. The summed E-state index contributed by atoms with van der Waals surface area (Å²) in [7, 11) is 0. The van der Waals surface area contributed by atoms with Gasteiger partial charge in [0, 0.05) is 6.04 Å². The van der Waals surface area contributed by atoms with E-state index in [1.54, 1.807) is 0 Å². The normalized spacial score (nSPS) is 14.7. The number of carbonyl (C=O) groups is 2. The quantitative estimate of drug-likeness (QED) is 0.520. The summed E-state index contributed by atoms with van der Waals surface area (Å²) in [6.45, 7) is 3.82. The van der Waals surface area contributed by atoms with Crippen molar-refractivity contribution < 1.29 is 9.59 Å². The number of primary amides is 1. The Morgan fingerprint density at radius 2 is 2.00 bits per heavy atom. The van der Waals surface area contributed by atoms with Crippen LogP contribution in [0.5, 0.6) is 0 Å². The van der Waals surface area contributed by atoms with E-state index < -0.39 is 11.9 Å². The maximum atomic E-state index is 11.2. The minimum absolute atomic E-state index is 0.0754. The van der Waals surface area contributed by atoms with E-state index >= 15 is 0 Å². The number of nitrogens with two attached hydrogens (primary N) is 2. The zero-order valence-electron chi connectivity index (χ0n) is 8.04. The van der Waals surface area contributed by atoms with Gasteiger partial charge in [-0.25, -0.2) is 0 Å². The topological polar surface area (TPSA) is 98.2 Å². The van der Waals surface area contributed by atoms with Gasteiger partial charge in [0.2, 0.25) is 11.8 Å². The molecule has 0 heterocycles. The fourth-order valence-corrected chi connectivity index (χ4v) is 0.761. The predicted molar refractivity (Wildman–Crippen MR) is 49.7 cm³/mol. The molecule has 0 aliphatic heterocycles. The lowest BCUT2D eigenvalue weighted by Gasteiger charge is -2.14. The molecule has 0 saturated carbocycles. The fraction of sp³-hybridized carbons (Fsp3) is 0.750. The average molecular weight is 187 g/mol. The van der Waals surface area contributed by atoms with E-state index in [1.807, 2.05) is 13.8 Å². The Morgan fingerprint density at radius 1 is 1.46 bits per heavy atom. The molecule has 13 heavy (non-hydrogen) atoms. The van der Waals surface area contributed by atoms with Crippen molar-refractivity contribution in [1.82, 2.24) is 5.32 Å². The van der Waals surface area contributed by atoms with Gasteiger partial charge in [0.25, 0.3) is 0 Å². The van der Waals surface area contributed by atoms with Crippen molar-refractivity contribution in [3.8, 4) is 0 Å². The van der Waals surface area contributed by atoms with Crippen LogP contribution in [0.2, 0.25) is 0 Å². The standard InChI is InChI=1S/C8H17N3O2/c1-3-5(2)11-8(13)6(9)4-7(10)12/h5-6H,3-4,9H2,1-2H3,(H2,10,12)(H,11,13). The van der Waals surface area contributed by atoms with Gasteiger partial charge in [-0.15, -0.1) is 0 Å². The minimum atomic E-state index is -0.827. The second-order valence-corrected chi connectivity index (χ2v) is 3.09. The first-order valence-corrected chi connectivity index (χ1v) is 4.31. The van der Waals surface area contributed by atoms with E-state index in [2.05, 4.69) is 5.32 Å². The van der Waals surface area contributed by atoms with Crippen molar-refractivity contribution in [2.45, 2.75) is 38.8 Å². The average Bonchev–Trinajstić information content (AvgIpc) is 2.02. The molecule has 0 aromatic rings. The van der Waals surface area contributed by atoms with Crippen LogP contribution in [0.25, 0.3) is 0 Å². The van der Waals surface area contributed by atoms with Gasteiger partial charge >= 0.3 is 0 Å². The monoisotopic (exact) mass is 187 g/mol. The van der Waals surface area contributed by atoms with Gasteiger partial charge in [0.15, 0.2) is 0 Å². The molecule has 0 spiro atoms. The number of amides is 2. The molecule has 0 radical (unpaired) electrons. The number of rotatable bonds is 5. The molecule has 5 N–H and O–H groups in total. The van der Waals surface area contributed by atoms with Crippen LogP contribution >= 0.6 is 0 Å². The van der Waals surface area contributed by atoms with Crippen LogP contribution < -0.4 is 16.8 Å². The summed E-state index contributed by atoms with van der Waals surface area (Å²) in [6.07, 6.45) is 0.720. The highest BCUT2D eigenvalue weighted by atomic mass is 16.2. The van der Waals surface area contributed by atoms with E-state index in [0.29, 0.717) is 0 Å². The number of hydrogen-bond donors (Lipinski definition) is 3. The number of hydrogen-bond acceptors (Lipinski definition) is 3. The molecule has 0 rings (SSSR count). The minimum Gasteiger partial charge on any atom is -0.370 e. The molecule has 0 aliphatic rings. The smallest absolute Gasteiger partial charge is 0.237 e. The summed E-state index contributed by atoms with van der Waals surface area (Å²) in [5, 5.41) is 2.66. The Balaban J connectivity index is 3.89. The van der Waals surface area contributed by atoms with Crippen LogP contribution in [0.3, 0.4) is 0 Å². The van der Waals surface area contributed by atoms with Crippen molar-refractivity contribution in [3.63, 3.8) is 0 Å². The van der Waals surface area contributed by atoms with Gasteiger partial charge in [-0.2, -0.15) is 0 Å². The molecule has 0 bridgehead atoms. The molecule has 2 atom stereocenters. The summed E-state index contributed by atoms with van der Waals surface area (Å²) < 4.78 is 0. The molecule has 0 saturated heterocycles. The van der Waals surface area contributed by atoms with Gasteiger partial charge in [-0.05, 0) is 13.3 Å². The largest absolute Gasteiger partial charge is 0.370 e. The van der Waals surface area contributed by atoms with E-state index in [1.165, 1.54) is 0 Å². The third kappa shape index (κ3) is 5.19. The van der Waals surface area contributed by atoms with Crippen LogP contribution in [0.1, 0.15) is 26.7 Å². The zero-order chi connectivity index (χ0) is 10.4. The maximum absolute atomic E-state index is 11.2. The summed E-state index contributed by atoms with van der Waals surface area (Å²) in [6, 6.07) is -0.752. The molecule has 5 heteroatoms. The summed E-state index contributed by atoms with van der Waals surface area (Å²) in [5.74, 6) is -0.889. The second kappa shape index (κ2) is 5.53. The molecular weight excluding hydrogens is 170 g/mol. The van der Waals surface area contributed by atoms with Crippen LogP contribution in [-0.4, -0.2) is 23.9 Å². The van der Waals surface area contributed by atoms with Crippen molar-refractivity contribution in [1.29, 1.82) is 0 Å². The lowest BCUT2D eigenvalue weighted by Crippen LogP contribution is -2.45. The Hall–Kier alpha value is -1.10. The van der Waals surface area contributed by atoms with Gasteiger partial charge in [0.05, 0.1) is 12.5 Å². The van der Waals surface area contributed by atoms with Gasteiger partial charge in [0.1, 0.15) is 0 Å². The molecule has 0 aromatic carbocycles. The Kier molecular flexibility index (Phi) is 5.06. The maximum Gasteiger partial charge on any atom is 0.237 e. The van der Waals surface area contributed by atoms with Crippen molar-refractivity contribution in [3.05, 3.63) is 0 Å². The first-order chi connectivity index (χ1) is 5.97. The molecule has 0 aromatic heterocycles. The van der Waals surface area contributed by atoms with Crippen LogP contribution in [0.15, 0.2) is 0 Å². The lowest BCUT2D eigenvalue weighted by molar-refractivity contribution is -0.126. The van der Waals surface area contributed by atoms with Gasteiger partial charge in [-0.3, -0.25) is 9.59 Å². The third-order valence-electron chi connectivity index (χ3n) is 1.76. The van der Waals surface area contributed by atoms with Crippen molar-refractivity contribution in [2.24, 2.45) is 11.5 Å². The third-order valence-corrected chi connectivity index (χ3v) is 1.76. The van der Waals surface area contributed by atoms with E-state index in [-0.39, 0.29) is 18.4 Å². The lowest BCUT2D eigenvalue weighted by atomic mass is 10.2. The van der Waals surface area contributed by atoms with E-state index in [4.69, 9.17) is 11.5 Å². The highest BCUT2D eigenvalue weighted by Crippen LogP contribution is 1.92. The number of nitrogens with one attached hydrogen (secondary N) is 1. The van der Waals surface area contributed by atoms with Crippen LogP contribution in [-0.2, 0) is 9.59 Å². The molecular formula is C8H17N3O2. The van der Waals surface area contributed by atoms with Crippen molar-refractivity contribution >= 4 is 11.8 Å². The zero-order valence-corrected chi connectivity index (χ0v) is 8.04. The molecule has 76 valence electrons.